The molecular formula is C22H30Cl2N8O. The average Bonchev–Trinajstić information content (AvgIpc) is 2.83. The van der Waals surface area contributed by atoms with Crippen molar-refractivity contribution in [2.75, 3.05) is 68.5 Å². The number of nitrogens with one attached hydrogen (secondary N) is 2. The van der Waals surface area contributed by atoms with Crippen molar-refractivity contribution in [1.29, 1.82) is 0 Å². The van der Waals surface area contributed by atoms with Gasteiger partial charge in [0, 0.05) is 68.8 Å². The predicted octanol–water partition coefficient (Wildman–Crippen LogP) is 2.50. The van der Waals surface area contributed by atoms with Crippen LogP contribution in [-0.2, 0) is 11.3 Å². The molecule has 1 amide bonds. The fourth-order valence-electron chi connectivity index (χ4n) is 4.09. The van der Waals surface area contributed by atoms with E-state index in [1.807, 2.05) is 13.1 Å². The maximum absolute atomic E-state index is 12.7. The van der Waals surface area contributed by atoms with Crippen LogP contribution in [-0.4, -0.2) is 79.1 Å². The second-order valence-corrected chi connectivity index (χ2v) is 9.36. The summed E-state index contributed by atoms with van der Waals surface area (Å²) in [6, 6.07) is 5.30. The zero-order chi connectivity index (χ0) is 23.4. The van der Waals surface area contributed by atoms with Crippen LogP contribution in [0.4, 0.5) is 17.8 Å². The molecule has 0 spiro atoms. The summed E-state index contributed by atoms with van der Waals surface area (Å²) in [6.45, 7) is 5.58. The van der Waals surface area contributed by atoms with E-state index in [1.165, 1.54) is 0 Å². The molecule has 2 saturated heterocycles. The number of carbonyl (C=O) groups excluding carboxylic acids is 1. The van der Waals surface area contributed by atoms with Gasteiger partial charge in [0.05, 0.1) is 0 Å². The van der Waals surface area contributed by atoms with E-state index >= 15 is 0 Å². The summed E-state index contributed by atoms with van der Waals surface area (Å²) in [5.74, 6) is 1.93. The van der Waals surface area contributed by atoms with E-state index in [0.29, 0.717) is 34.4 Å². The van der Waals surface area contributed by atoms with Crippen LogP contribution in [0.5, 0.6) is 0 Å². The lowest BCUT2D eigenvalue weighted by atomic mass is 9.96. The van der Waals surface area contributed by atoms with Crippen molar-refractivity contribution in [3.05, 3.63) is 33.8 Å². The fraction of sp³-hybridized carbons (Fsp3) is 0.545. The Kier molecular flexibility index (Phi) is 7.72. The number of nitrogens with zero attached hydrogens (tertiary/aromatic N) is 6. The van der Waals surface area contributed by atoms with Gasteiger partial charge in [-0.15, -0.1) is 0 Å². The van der Waals surface area contributed by atoms with E-state index in [1.54, 1.807) is 12.1 Å². The van der Waals surface area contributed by atoms with Gasteiger partial charge in [0.1, 0.15) is 0 Å². The predicted molar refractivity (Wildman–Crippen MR) is 132 cm³/mol. The molecule has 9 nitrogen and oxygen atoms in total. The van der Waals surface area contributed by atoms with Crippen molar-refractivity contribution in [2.45, 2.75) is 19.4 Å². The van der Waals surface area contributed by atoms with Gasteiger partial charge in [0.25, 0.3) is 0 Å². The van der Waals surface area contributed by atoms with E-state index in [0.717, 1.165) is 57.7 Å². The minimum absolute atomic E-state index is 0.0463. The molecule has 0 aliphatic carbocycles. The fourth-order valence-corrected chi connectivity index (χ4v) is 4.56. The standard InChI is InChI=1S/C22H30Cl2N8O/c1-25-20-27-21(29-22(28-20)32-11-9-30(2)10-12-32)31-7-5-15(6-8-31)19(33)26-14-16-3-4-17(23)13-18(16)24/h3-4,13,15H,5-12,14H2,1-2H3,(H,26,33)(H,25,27,28,29). The van der Waals surface area contributed by atoms with Crippen LogP contribution in [0.25, 0.3) is 0 Å². The van der Waals surface area contributed by atoms with Gasteiger partial charge in [-0.25, -0.2) is 0 Å². The zero-order valence-electron chi connectivity index (χ0n) is 19.0. The summed E-state index contributed by atoms with van der Waals surface area (Å²) in [4.78, 5) is 33.3. The zero-order valence-corrected chi connectivity index (χ0v) is 20.5. The molecule has 3 heterocycles. The normalized spacial score (nSPS) is 17.8. The van der Waals surface area contributed by atoms with Crippen molar-refractivity contribution in [3.63, 3.8) is 0 Å². The Morgan fingerprint density at radius 2 is 1.64 bits per heavy atom. The number of carbonyl (C=O) groups is 1. The number of hydrogen-bond donors (Lipinski definition) is 2. The second kappa shape index (κ2) is 10.7. The minimum atomic E-state index is -0.0463. The Morgan fingerprint density at radius 1 is 1.00 bits per heavy atom. The maximum Gasteiger partial charge on any atom is 0.232 e. The molecule has 4 rings (SSSR count). The molecule has 2 fully saturated rings. The van der Waals surface area contributed by atoms with Crippen LogP contribution in [0.15, 0.2) is 18.2 Å². The lowest BCUT2D eigenvalue weighted by molar-refractivity contribution is -0.125. The third kappa shape index (κ3) is 5.96. The summed E-state index contributed by atoms with van der Waals surface area (Å²) in [5, 5.41) is 7.20. The number of piperazine rings is 1. The lowest BCUT2D eigenvalue weighted by Crippen LogP contribution is -2.45. The monoisotopic (exact) mass is 492 g/mol. The average molecular weight is 493 g/mol. The summed E-state index contributed by atoms with van der Waals surface area (Å²) in [7, 11) is 3.94. The topological polar surface area (TPSA) is 89.5 Å². The highest BCUT2D eigenvalue weighted by Crippen LogP contribution is 2.25. The van der Waals surface area contributed by atoms with Crippen molar-refractivity contribution in [1.82, 2.24) is 25.2 Å². The van der Waals surface area contributed by atoms with Crippen LogP contribution in [0.1, 0.15) is 18.4 Å². The largest absolute Gasteiger partial charge is 0.357 e. The number of piperidine rings is 1. The van der Waals surface area contributed by atoms with Gasteiger partial charge in [-0.05, 0) is 37.6 Å². The number of anilines is 3. The Labute approximate surface area is 204 Å². The highest BCUT2D eigenvalue weighted by atomic mass is 35.5. The number of likely N-dealkylation sites (N-methyl/N-ethyl adjacent to an activating group) is 1. The first-order chi connectivity index (χ1) is 15.9. The molecule has 2 aliphatic heterocycles. The Balaban J connectivity index is 1.35. The van der Waals surface area contributed by atoms with Gasteiger partial charge < -0.3 is 25.3 Å². The lowest BCUT2D eigenvalue weighted by Gasteiger charge is -2.34. The van der Waals surface area contributed by atoms with Crippen LogP contribution in [0, 0.1) is 5.92 Å². The molecule has 33 heavy (non-hydrogen) atoms. The van der Waals surface area contributed by atoms with Crippen molar-refractivity contribution in [3.8, 4) is 0 Å². The van der Waals surface area contributed by atoms with Gasteiger partial charge in [0.15, 0.2) is 0 Å². The first-order valence-corrected chi connectivity index (χ1v) is 12.0. The first-order valence-electron chi connectivity index (χ1n) is 11.3. The smallest absolute Gasteiger partial charge is 0.232 e. The van der Waals surface area contributed by atoms with E-state index in [2.05, 4.69) is 42.3 Å². The number of benzene rings is 1. The number of amides is 1. The molecule has 0 radical (unpaired) electrons. The van der Waals surface area contributed by atoms with Crippen LogP contribution in [0.3, 0.4) is 0 Å². The summed E-state index contributed by atoms with van der Waals surface area (Å²) in [5.41, 5.74) is 0.855. The van der Waals surface area contributed by atoms with Crippen molar-refractivity contribution >= 4 is 47.0 Å². The Hall–Kier alpha value is -2.36. The van der Waals surface area contributed by atoms with Crippen molar-refractivity contribution in [2.24, 2.45) is 5.92 Å². The van der Waals surface area contributed by atoms with Gasteiger partial charge >= 0.3 is 0 Å². The second-order valence-electron chi connectivity index (χ2n) is 8.51. The summed E-state index contributed by atoms with van der Waals surface area (Å²) >= 11 is 12.2. The highest BCUT2D eigenvalue weighted by molar-refractivity contribution is 6.35. The third-order valence-electron chi connectivity index (χ3n) is 6.24. The van der Waals surface area contributed by atoms with Crippen LogP contribution in [0.2, 0.25) is 10.0 Å². The number of rotatable bonds is 6. The van der Waals surface area contributed by atoms with E-state index in [9.17, 15) is 4.79 Å². The molecule has 178 valence electrons. The molecule has 2 N–H and O–H groups in total. The van der Waals surface area contributed by atoms with Gasteiger partial charge in [0.2, 0.25) is 23.8 Å². The SMILES string of the molecule is CNc1nc(N2CCC(C(=O)NCc3ccc(Cl)cc3Cl)CC2)nc(N2CCN(C)CC2)n1. The molecule has 0 bridgehead atoms. The highest BCUT2D eigenvalue weighted by Gasteiger charge is 2.27. The van der Waals surface area contributed by atoms with E-state index in [-0.39, 0.29) is 11.8 Å². The summed E-state index contributed by atoms with van der Waals surface area (Å²) < 4.78 is 0. The molecular weight excluding hydrogens is 463 g/mol. The molecule has 2 aliphatic rings. The molecule has 1 aromatic heterocycles. The first kappa shape index (κ1) is 23.8. The van der Waals surface area contributed by atoms with Crippen LogP contribution >= 0.6 is 23.2 Å². The minimum Gasteiger partial charge on any atom is -0.357 e. The molecule has 1 aromatic carbocycles. The summed E-state index contributed by atoms with van der Waals surface area (Å²) in [6.07, 6.45) is 1.48. The van der Waals surface area contributed by atoms with E-state index < -0.39 is 0 Å². The maximum atomic E-state index is 12.7. The molecule has 11 heteroatoms. The van der Waals surface area contributed by atoms with Gasteiger partial charge in [-0.2, -0.15) is 15.0 Å². The Morgan fingerprint density at radius 3 is 2.24 bits per heavy atom. The number of hydrogen-bond acceptors (Lipinski definition) is 8. The van der Waals surface area contributed by atoms with E-state index in [4.69, 9.17) is 28.2 Å². The Bertz CT molecular complexity index is 975. The molecule has 0 saturated carbocycles. The van der Waals surface area contributed by atoms with Gasteiger partial charge in [-0.1, -0.05) is 29.3 Å². The number of halogens is 2. The van der Waals surface area contributed by atoms with Crippen molar-refractivity contribution < 1.29 is 4.79 Å². The van der Waals surface area contributed by atoms with Crippen LogP contribution < -0.4 is 20.4 Å². The third-order valence-corrected chi connectivity index (χ3v) is 6.83. The van der Waals surface area contributed by atoms with Gasteiger partial charge in [-0.3, -0.25) is 4.79 Å². The molecule has 2 aromatic rings. The quantitative estimate of drug-likeness (QED) is 0.635. The molecule has 0 atom stereocenters. The number of aromatic nitrogens is 3. The molecule has 0 unspecified atom stereocenters.